The Hall–Kier alpha value is -3.20. The maximum Gasteiger partial charge on any atom is 0.139 e. The quantitative estimate of drug-likeness (QED) is 0.194. The Labute approximate surface area is 220 Å². The average Bonchev–Trinajstić information content (AvgIpc) is 3.34. The Bertz CT molecular complexity index is 1160. The highest BCUT2D eigenvalue weighted by Gasteiger charge is 2.17. The van der Waals surface area contributed by atoms with Crippen LogP contribution in [0.2, 0.25) is 0 Å². The van der Waals surface area contributed by atoms with Crippen LogP contribution in [0.15, 0.2) is 46.2 Å². The zero-order valence-corrected chi connectivity index (χ0v) is 22.6. The minimum Gasteiger partial charge on any atom is -0.506 e. The van der Waals surface area contributed by atoms with Crippen LogP contribution in [0.25, 0.3) is 0 Å². The molecule has 0 radical (unpaired) electrons. The number of anilines is 1. The number of aliphatic hydroxyl groups excluding tert-OH is 1. The molecule has 2 aromatic carbocycles. The minimum atomic E-state index is 0.176. The molecule has 0 unspecified atom stereocenters. The van der Waals surface area contributed by atoms with Gasteiger partial charge in [-0.1, -0.05) is 0 Å². The number of ether oxygens (including phenoxy) is 1. The normalized spacial score (nSPS) is 16.5. The van der Waals surface area contributed by atoms with E-state index in [1.807, 2.05) is 20.2 Å². The number of rotatable bonds is 10. The number of fused-ring (bicyclic) bond motifs is 1. The number of aliphatic imine (C=N–C) groups is 1. The van der Waals surface area contributed by atoms with Gasteiger partial charge in [0, 0.05) is 58.9 Å². The Morgan fingerprint density at radius 1 is 1.14 bits per heavy atom. The number of aryl methyl sites for hydroxylation is 2. The first-order valence-corrected chi connectivity index (χ1v) is 13.0. The van der Waals surface area contributed by atoms with Gasteiger partial charge in [-0.05, 0) is 85.1 Å². The SMILES string of the molecule is C=Nc1cc2c(cc1NCC/C=C(O)/C(=N\N(C)C)c1cc(C)c(CN3CCOCC3)c(C)c1)CNC2. The molecule has 0 saturated carbocycles. The van der Waals surface area contributed by atoms with Crippen LogP contribution in [-0.2, 0) is 24.4 Å². The Balaban J connectivity index is 1.47. The van der Waals surface area contributed by atoms with Crippen molar-refractivity contribution in [1.29, 1.82) is 0 Å². The molecule has 8 heteroatoms. The molecule has 0 aliphatic carbocycles. The van der Waals surface area contributed by atoms with Gasteiger partial charge in [0.15, 0.2) is 0 Å². The molecule has 198 valence electrons. The lowest BCUT2D eigenvalue weighted by molar-refractivity contribution is 0.0340. The van der Waals surface area contributed by atoms with E-state index in [0.717, 1.165) is 62.9 Å². The van der Waals surface area contributed by atoms with Gasteiger partial charge < -0.3 is 25.5 Å². The number of nitrogens with one attached hydrogen (secondary N) is 2. The first kappa shape index (κ1) is 26.9. The summed E-state index contributed by atoms with van der Waals surface area (Å²) in [5, 5.41) is 24.2. The number of hydrogen-bond donors (Lipinski definition) is 3. The molecule has 2 aromatic rings. The summed E-state index contributed by atoms with van der Waals surface area (Å²) in [6, 6.07) is 8.50. The van der Waals surface area contributed by atoms with Crippen molar-refractivity contribution in [3.63, 3.8) is 0 Å². The predicted molar refractivity (Wildman–Crippen MR) is 152 cm³/mol. The summed E-state index contributed by atoms with van der Waals surface area (Å²) in [7, 11) is 3.74. The van der Waals surface area contributed by atoms with Gasteiger partial charge in [0.1, 0.15) is 11.5 Å². The molecule has 0 aromatic heterocycles. The van der Waals surface area contributed by atoms with Gasteiger partial charge in [-0.2, -0.15) is 5.10 Å². The van der Waals surface area contributed by atoms with E-state index in [9.17, 15) is 5.11 Å². The number of nitrogens with zero attached hydrogens (tertiary/aromatic N) is 4. The molecule has 2 aliphatic rings. The lowest BCUT2D eigenvalue weighted by Crippen LogP contribution is -2.36. The lowest BCUT2D eigenvalue weighted by Gasteiger charge is -2.28. The van der Waals surface area contributed by atoms with Gasteiger partial charge >= 0.3 is 0 Å². The smallest absolute Gasteiger partial charge is 0.139 e. The minimum absolute atomic E-state index is 0.176. The maximum absolute atomic E-state index is 11.1. The van der Waals surface area contributed by atoms with Crippen molar-refractivity contribution in [1.82, 2.24) is 15.2 Å². The Morgan fingerprint density at radius 3 is 2.46 bits per heavy atom. The number of aliphatic hydroxyl groups is 1. The highest BCUT2D eigenvalue weighted by Crippen LogP contribution is 2.31. The average molecular weight is 505 g/mol. The number of hydrogen-bond acceptors (Lipinski definition) is 8. The Morgan fingerprint density at radius 2 is 1.81 bits per heavy atom. The fourth-order valence-electron chi connectivity index (χ4n) is 4.94. The third kappa shape index (κ3) is 6.77. The number of morpholine rings is 1. The second-order valence-electron chi connectivity index (χ2n) is 9.98. The van der Waals surface area contributed by atoms with Gasteiger partial charge in [0.05, 0.1) is 24.6 Å². The van der Waals surface area contributed by atoms with E-state index in [0.29, 0.717) is 18.7 Å². The van der Waals surface area contributed by atoms with Crippen LogP contribution in [-0.4, -0.2) is 74.4 Å². The standard InChI is InChI=1S/C29H40N6O2/c1-20-13-22(14-21(2)25(20)19-35-9-11-37-12-10-35)29(33-34(4)5)28(36)7-6-8-32-27-16-24-18-31-17-23(24)15-26(27)30-3/h7,13-16,31-32,36H,3,6,8-12,17-19H2,1-2,4-5H3/b28-7-,33-29-. The van der Waals surface area contributed by atoms with Crippen molar-refractivity contribution in [3.05, 3.63) is 69.5 Å². The van der Waals surface area contributed by atoms with E-state index < -0.39 is 0 Å². The van der Waals surface area contributed by atoms with Gasteiger partial charge in [-0.25, -0.2) is 0 Å². The van der Waals surface area contributed by atoms with Crippen LogP contribution in [0, 0.1) is 13.8 Å². The third-order valence-electron chi connectivity index (χ3n) is 6.91. The molecular formula is C29H40N6O2. The summed E-state index contributed by atoms with van der Waals surface area (Å²) in [5.74, 6) is 0.176. The van der Waals surface area contributed by atoms with E-state index in [1.165, 1.54) is 27.8 Å². The van der Waals surface area contributed by atoms with Crippen molar-refractivity contribution >= 4 is 23.8 Å². The fourth-order valence-corrected chi connectivity index (χ4v) is 4.94. The zero-order chi connectivity index (χ0) is 26.4. The molecule has 0 bridgehead atoms. The molecule has 8 nitrogen and oxygen atoms in total. The number of benzene rings is 2. The molecule has 1 fully saturated rings. The summed E-state index contributed by atoms with van der Waals surface area (Å²) in [4.78, 5) is 6.62. The topological polar surface area (TPSA) is 84.7 Å². The fraction of sp³-hybridized carbons (Fsp3) is 0.448. The van der Waals surface area contributed by atoms with Crippen molar-refractivity contribution in [2.45, 2.75) is 39.9 Å². The van der Waals surface area contributed by atoms with E-state index in [1.54, 1.807) is 5.01 Å². The monoisotopic (exact) mass is 504 g/mol. The molecule has 0 amide bonds. The summed E-state index contributed by atoms with van der Waals surface area (Å²) >= 11 is 0. The maximum atomic E-state index is 11.1. The van der Waals surface area contributed by atoms with E-state index in [-0.39, 0.29) is 5.76 Å². The number of hydrazone groups is 1. The molecule has 4 rings (SSSR count). The van der Waals surface area contributed by atoms with Gasteiger partial charge in [-0.15, -0.1) is 0 Å². The van der Waals surface area contributed by atoms with E-state index in [4.69, 9.17) is 4.74 Å². The molecule has 0 atom stereocenters. The van der Waals surface area contributed by atoms with E-state index in [2.05, 4.69) is 70.5 Å². The summed E-state index contributed by atoms with van der Waals surface area (Å²) < 4.78 is 5.50. The van der Waals surface area contributed by atoms with Crippen LogP contribution in [0.1, 0.15) is 39.8 Å². The summed E-state index contributed by atoms with van der Waals surface area (Å²) in [6.07, 6.45) is 2.47. The second kappa shape index (κ2) is 12.4. The van der Waals surface area contributed by atoms with Crippen LogP contribution < -0.4 is 10.6 Å². The van der Waals surface area contributed by atoms with Crippen LogP contribution in [0.5, 0.6) is 0 Å². The van der Waals surface area contributed by atoms with E-state index >= 15 is 0 Å². The van der Waals surface area contributed by atoms with Gasteiger partial charge in [-0.3, -0.25) is 9.89 Å². The predicted octanol–water partition coefficient (Wildman–Crippen LogP) is 4.28. The first-order valence-electron chi connectivity index (χ1n) is 13.0. The molecule has 3 N–H and O–H groups in total. The molecular weight excluding hydrogens is 464 g/mol. The number of allylic oxidation sites excluding steroid dienone is 1. The molecule has 0 spiro atoms. The van der Waals surface area contributed by atoms with Crippen LogP contribution in [0.4, 0.5) is 11.4 Å². The highest BCUT2D eigenvalue weighted by molar-refractivity contribution is 6.11. The Kier molecular flexibility index (Phi) is 8.97. The zero-order valence-electron chi connectivity index (χ0n) is 22.6. The van der Waals surface area contributed by atoms with Crippen molar-refractivity contribution in [2.24, 2.45) is 10.1 Å². The summed E-state index contributed by atoms with van der Waals surface area (Å²) in [5.41, 5.74) is 9.62. The second-order valence-corrected chi connectivity index (χ2v) is 9.98. The first-order chi connectivity index (χ1) is 17.9. The van der Waals surface area contributed by atoms with Crippen molar-refractivity contribution < 1.29 is 9.84 Å². The van der Waals surface area contributed by atoms with Gasteiger partial charge in [0.2, 0.25) is 0 Å². The largest absolute Gasteiger partial charge is 0.506 e. The highest BCUT2D eigenvalue weighted by atomic mass is 16.5. The van der Waals surface area contributed by atoms with Crippen LogP contribution >= 0.6 is 0 Å². The van der Waals surface area contributed by atoms with Crippen molar-refractivity contribution in [3.8, 4) is 0 Å². The molecule has 2 aliphatic heterocycles. The summed E-state index contributed by atoms with van der Waals surface area (Å²) in [6.45, 7) is 14.8. The molecule has 1 saturated heterocycles. The third-order valence-corrected chi connectivity index (χ3v) is 6.91. The molecule has 2 heterocycles. The lowest BCUT2D eigenvalue weighted by atomic mass is 9.95. The molecule has 37 heavy (non-hydrogen) atoms. The van der Waals surface area contributed by atoms with Crippen LogP contribution in [0.3, 0.4) is 0 Å². The van der Waals surface area contributed by atoms with Gasteiger partial charge in [0.25, 0.3) is 0 Å². The van der Waals surface area contributed by atoms with Crippen molar-refractivity contribution in [2.75, 3.05) is 52.3 Å².